The lowest BCUT2D eigenvalue weighted by Crippen LogP contribution is -2.58. The monoisotopic (exact) mass is 220 g/mol. The molecule has 0 saturated carbocycles. The van der Waals surface area contributed by atoms with Gasteiger partial charge >= 0.3 is 0 Å². The summed E-state index contributed by atoms with van der Waals surface area (Å²) in [5.41, 5.74) is -0.479. The average molecular weight is 220 g/mol. The molecule has 5 atom stereocenters. The Labute approximate surface area is 89.6 Å². The van der Waals surface area contributed by atoms with Crippen LogP contribution >= 0.6 is 0 Å². The van der Waals surface area contributed by atoms with Gasteiger partial charge in [-0.3, -0.25) is 0 Å². The Morgan fingerprint density at radius 2 is 1.53 bits per heavy atom. The molecule has 0 aromatic heterocycles. The molecule has 2 unspecified atom stereocenters. The minimum absolute atomic E-state index is 0.479. The molecule has 0 spiro atoms. The van der Waals surface area contributed by atoms with Crippen LogP contribution in [0.3, 0.4) is 0 Å². The Bertz CT molecular complexity index is 212. The molecule has 0 radical (unpaired) electrons. The lowest BCUT2D eigenvalue weighted by molar-refractivity contribution is -0.314. The summed E-state index contributed by atoms with van der Waals surface area (Å²) in [6, 6.07) is 0. The van der Waals surface area contributed by atoms with Crippen LogP contribution < -0.4 is 0 Å². The predicted molar refractivity (Wildman–Crippen MR) is 53.2 cm³/mol. The van der Waals surface area contributed by atoms with E-state index in [2.05, 4.69) is 0 Å². The molecule has 90 valence electrons. The van der Waals surface area contributed by atoms with Crippen molar-refractivity contribution in [1.82, 2.24) is 0 Å². The number of rotatable bonds is 1. The second-order valence-corrected chi connectivity index (χ2v) is 4.91. The summed E-state index contributed by atoms with van der Waals surface area (Å²) in [5, 5.41) is 28.6. The fraction of sp³-hybridized carbons (Fsp3) is 1.00. The van der Waals surface area contributed by atoms with Gasteiger partial charge < -0.3 is 24.8 Å². The molecule has 15 heavy (non-hydrogen) atoms. The molecule has 0 aromatic carbocycles. The van der Waals surface area contributed by atoms with E-state index in [-0.39, 0.29) is 0 Å². The highest BCUT2D eigenvalue weighted by atomic mass is 16.7. The normalized spacial score (nSPS) is 43.0. The largest absolute Gasteiger partial charge is 0.388 e. The number of hydrogen-bond acceptors (Lipinski definition) is 5. The van der Waals surface area contributed by atoms with Crippen molar-refractivity contribution in [3.05, 3.63) is 0 Å². The van der Waals surface area contributed by atoms with E-state index in [1.54, 1.807) is 6.92 Å². The number of hydrogen-bond donors (Lipinski definition) is 3. The smallest absolute Gasteiger partial charge is 0.187 e. The summed E-state index contributed by atoms with van der Waals surface area (Å²) in [6.07, 6.45) is -5.01. The summed E-state index contributed by atoms with van der Waals surface area (Å²) >= 11 is 0. The molecule has 1 saturated heterocycles. The molecule has 1 fully saturated rings. The first-order chi connectivity index (χ1) is 6.72. The summed E-state index contributed by atoms with van der Waals surface area (Å²) in [6.45, 7) is 7.10. The number of aliphatic hydroxyl groups is 3. The molecule has 1 rings (SSSR count). The van der Waals surface area contributed by atoms with Gasteiger partial charge in [-0.15, -0.1) is 0 Å². The molecule has 0 aromatic rings. The molecule has 5 heteroatoms. The van der Waals surface area contributed by atoms with Crippen LogP contribution in [-0.2, 0) is 9.47 Å². The lowest BCUT2D eigenvalue weighted by Gasteiger charge is -2.41. The van der Waals surface area contributed by atoms with Gasteiger partial charge in [0, 0.05) is 0 Å². The Kier molecular flexibility index (Phi) is 3.73. The van der Waals surface area contributed by atoms with Crippen LogP contribution in [-0.4, -0.2) is 51.6 Å². The molecule has 3 N–H and O–H groups in total. The van der Waals surface area contributed by atoms with Gasteiger partial charge in [0.2, 0.25) is 0 Å². The Morgan fingerprint density at radius 1 is 1.00 bits per heavy atom. The van der Waals surface area contributed by atoms with Crippen molar-refractivity contribution in [3.63, 3.8) is 0 Å². The summed E-state index contributed by atoms with van der Waals surface area (Å²) in [7, 11) is 0. The highest BCUT2D eigenvalue weighted by Gasteiger charge is 2.43. The van der Waals surface area contributed by atoms with E-state index in [4.69, 9.17) is 9.47 Å². The Hall–Kier alpha value is -0.200. The minimum Gasteiger partial charge on any atom is -0.388 e. The van der Waals surface area contributed by atoms with Gasteiger partial charge in [0.1, 0.15) is 18.3 Å². The first-order valence-electron chi connectivity index (χ1n) is 5.10. The maximum absolute atomic E-state index is 9.63. The molecule has 0 bridgehead atoms. The van der Waals surface area contributed by atoms with Gasteiger partial charge in [0.25, 0.3) is 0 Å². The van der Waals surface area contributed by atoms with E-state index in [0.717, 1.165) is 0 Å². The molecule has 1 aliphatic rings. The van der Waals surface area contributed by atoms with Gasteiger partial charge in [0.05, 0.1) is 11.7 Å². The van der Waals surface area contributed by atoms with Crippen LogP contribution in [0.25, 0.3) is 0 Å². The highest BCUT2D eigenvalue weighted by molar-refractivity contribution is 4.87. The molecule has 5 nitrogen and oxygen atoms in total. The van der Waals surface area contributed by atoms with Crippen molar-refractivity contribution in [2.75, 3.05) is 0 Å². The second-order valence-electron chi connectivity index (χ2n) is 4.91. The predicted octanol–water partition coefficient (Wildman–Crippen LogP) is -0.371. The summed E-state index contributed by atoms with van der Waals surface area (Å²) < 4.78 is 10.7. The van der Waals surface area contributed by atoms with E-state index in [9.17, 15) is 15.3 Å². The topological polar surface area (TPSA) is 79.2 Å². The standard InChI is InChI=1S/C10H20O5/c1-5-6(11)7(12)8(13)9(14-5)15-10(2,3)4/h5-9,11-13H,1-4H3/t5?,6-,7+,8?,9-/m1/s1. The van der Waals surface area contributed by atoms with Crippen LogP contribution in [0, 0.1) is 0 Å². The van der Waals surface area contributed by atoms with Gasteiger partial charge in [-0.2, -0.15) is 0 Å². The van der Waals surface area contributed by atoms with Gasteiger partial charge in [-0.05, 0) is 27.7 Å². The second kappa shape index (κ2) is 4.35. The van der Waals surface area contributed by atoms with Crippen molar-refractivity contribution in [2.45, 2.75) is 64.0 Å². The fourth-order valence-corrected chi connectivity index (χ4v) is 1.46. The van der Waals surface area contributed by atoms with Crippen LogP contribution in [0.5, 0.6) is 0 Å². The SMILES string of the molecule is CC1O[C@H](OC(C)(C)C)C(O)[C@@H](O)[C@@H]1O. The van der Waals surface area contributed by atoms with Gasteiger partial charge in [0.15, 0.2) is 6.29 Å². The van der Waals surface area contributed by atoms with Crippen molar-refractivity contribution in [3.8, 4) is 0 Å². The van der Waals surface area contributed by atoms with Crippen molar-refractivity contribution < 1.29 is 24.8 Å². The van der Waals surface area contributed by atoms with Crippen molar-refractivity contribution >= 4 is 0 Å². The molecule has 0 aliphatic carbocycles. The van der Waals surface area contributed by atoms with E-state index in [1.807, 2.05) is 20.8 Å². The molecule has 0 amide bonds. The maximum atomic E-state index is 9.63. The Morgan fingerprint density at radius 3 is 2.00 bits per heavy atom. The zero-order valence-electron chi connectivity index (χ0n) is 9.54. The van der Waals surface area contributed by atoms with Gasteiger partial charge in [-0.25, -0.2) is 0 Å². The van der Waals surface area contributed by atoms with Crippen molar-refractivity contribution in [2.24, 2.45) is 0 Å². The molecule has 1 aliphatic heterocycles. The zero-order valence-corrected chi connectivity index (χ0v) is 9.54. The van der Waals surface area contributed by atoms with E-state index in [1.165, 1.54) is 0 Å². The number of ether oxygens (including phenoxy) is 2. The van der Waals surface area contributed by atoms with E-state index in [0.29, 0.717) is 0 Å². The fourth-order valence-electron chi connectivity index (χ4n) is 1.46. The summed E-state index contributed by atoms with van der Waals surface area (Å²) in [4.78, 5) is 0. The third-order valence-corrected chi connectivity index (χ3v) is 2.28. The first-order valence-corrected chi connectivity index (χ1v) is 5.10. The minimum atomic E-state index is -1.24. The number of aliphatic hydroxyl groups excluding tert-OH is 3. The van der Waals surface area contributed by atoms with Crippen LogP contribution in [0.15, 0.2) is 0 Å². The molecular weight excluding hydrogens is 200 g/mol. The van der Waals surface area contributed by atoms with E-state index < -0.39 is 36.3 Å². The Balaban J connectivity index is 2.67. The van der Waals surface area contributed by atoms with Crippen LogP contribution in [0.1, 0.15) is 27.7 Å². The van der Waals surface area contributed by atoms with Crippen LogP contribution in [0.4, 0.5) is 0 Å². The zero-order chi connectivity index (χ0) is 11.8. The average Bonchev–Trinajstić information content (AvgIpc) is 2.08. The molecular formula is C10H20O5. The quantitative estimate of drug-likeness (QED) is 0.562. The first kappa shape index (κ1) is 12.9. The maximum Gasteiger partial charge on any atom is 0.187 e. The van der Waals surface area contributed by atoms with Crippen molar-refractivity contribution in [1.29, 1.82) is 0 Å². The highest BCUT2D eigenvalue weighted by Crippen LogP contribution is 2.25. The van der Waals surface area contributed by atoms with Gasteiger partial charge in [-0.1, -0.05) is 0 Å². The molecule has 1 heterocycles. The summed E-state index contributed by atoms with van der Waals surface area (Å²) in [5.74, 6) is 0. The third-order valence-electron chi connectivity index (χ3n) is 2.28. The lowest BCUT2D eigenvalue weighted by atomic mass is 10.00. The van der Waals surface area contributed by atoms with E-state index >= 15 is 0 Å². The third kappa shape index (κ3) is 3.12. The van der Waals surface area contributed by atoms with Crippen LogP contribution in [0.2, 0.25) is 0 Å².